The molecule has 0 atom stereocenters. The molecule has 5 rings (SSSR count). The third-order valence-corrected chi connectivity index (χ3v) is 5.41. The maximum Gasteiger partial charge on any atom is 0.351 e. The van der Waals surface area contributed by atoms with Gasteiger partial charge in [-0.25, -0.2) is 9.59 Å². The van der Waals surface area contributed by atoms with Gasteiger partial charge in [0.2, 0.25) is 11.2 Å². The monoisotopic (exact) mass is 454 g/mol. The molecule has 7 nitrogen and oxygen atoms in total. The Kier molecular flexibility index (Phi) is 5.22. The minimum absolute atomic E-state index is 0.0579. The van der Waals surface area contributed by atoms with Crippen LogP contribution in [0.2, 0.25) is 0 Å². The molecule has 2 heterocycles. The Bertz CT molecular complexity index is 1670. The van der Waals surface area contributed by atoms with Gasteiger partial charge < -0.3 is 18.3 Å². The van der Waals surface area contributed by atoms with Crippen LogP contribution in [-0.2, 0) is 0 Å². The lowest BCUT2D eigenvalue weighted by Gasteiger charge is -2.11. The van der Waals surface area contributed by atoms with Crippen molar-refractivity contribution in [1.29, 1.82) is 0 Å². The molecule has 0 unspecified atom stereocenters. The van der Waals surface area contributed by atoms with Crippen LogP contribution in [0.1, 0.15) is 15.9 Å². The van der Waals surface area contributed by atoms with Gasteiger partial charge in [-0.05, 0) is 55.5 Å². The van der Waals surface area contributed by atoms with E-state index in [2.05, 4.69) is 0 Å². The highest BCUT2D eigenvalue weighted by molar-refractivity contribution is 5.95. The van der Waals surface area contributed by atoms with E-state index in [1.54, 1.807) is 60.7 Å². The van der Waals surface area contributed by atoms with Gasteiger partial charge >= 0.3 is 11.6 Å². The number of fused-ring (bicyclic) bond motifs is 2. The zero-order valence-electron chi connectivity index (χ0n) is 18.3. The molecule has 0 saturated heterocycles. The molecule has 0 aliphatic carbocycles. The largest absolute Gasteiger partial charge is 0.497 e. The summed E-state index contributed by atoms with van der Waals surface area (Å²) in [5.41, 5.74) is 0.279. The van der Waals surface area contributed by atoms with Gasteiger partial charge in [0.15, 0.2) is 5.76 Å². The molecular weight excluding hydrogens is 436 g/mol. The first kappa shape index (κ1) is 21.2. The first-order valence-corrected chi connectivity index (χ1v) is 10.4. The van der Waals surface area contributed by atoms with E-state index in [4.69, 9.17) is 18.3 Å². The second-order valence-corrected chi connectivity index (χ2v) is 7.69. The van der Waals surface area contributed by atoms with Gasteiger partial charge in [0, 0.05) is 10.9 Å². The fourth-order valence-corrected chi connectivity index (χ4v) is 3.67. The highest BCUT2D eigenvalue weighted by atomic mass is 16.5. The number of ether oxygens (including phenoxy) is 2. The number of carbonyl (C=O) groups is 1. The maximum atomic E-state index is 13.4. The Morgan fingerprint density at radius 1 is 0.853 bits per heavy atom. The van der Waals surface area contributed by atoms with E-state index in [0.29, 0.717) is 27.9 Å². The molecule has 0 aliphatic rings. The molecule has 0 N–H and O–H groups in total. The van der Waals surface area contributed by atoms with Crippen molar-refractivity contribution < 1.29 is 23.1 Å². The summed E-state index contributed by atoms with van der Waals surface area (Å²) in [6, 6.07) is 20.1. The van der Waals surface area contributed by atoms with E-state index < -0.39 is 17.0 Å². The van der Waals surface area contributed by atoms with Crippen LogP contribution in [-0.4, -0.2) is 13.1 Å². The Balaban J connectivity index is 1.67. The van der Waals surface area contributed by atoms with Gasteiger partial charge in [0.1, 0.15) is 22.5 Å². The smallest absolute Gasteiger partial charge is 0.351 e. The zero-order chi connectivity index (χ0) is 23.8. The fourth-order valence-electron chi connectivity index (χ4n) is 3.67. The predicted molar refractivity (Wildman–Crippen MR) is 127 cm³/mol. The summed E-state index contributed by atoms with van der Waals surface area (Å²) in [5.74, 6) is -0.674. The number of para-hydroxylation sites is 1. The molecule has 0 fully saturated rings. The molecule has 0 saturated carbocycles. The van der Waals surface area contributed by atoms with Crippen molar-refractivity contribution >= 4 is 27.9 Å². The average molecular weight is 454 g/mol. The molecular formula is C27H18O7. The summed E-state index contributed by atoms with van der Waals surface area (Å²) in [6.45, 7) is 1.84. The standard InChI is InChI=1S/C27H18O7/c1-15-7-12-22-19(13-15)23(28)25(24(32-22)16-8-10-18(31-2)11-9-16)34-27(30)20-14-17-5-3-4-6-21(17)33-26(20)29/h3-14H,1-2H3. The van der Waals surface area contributed by atoms with Gasteiger partial charge in [-0.2, -0.15) is 0 Å². The lowest BCUT2D eigenvalue weighted by Crippen LogP contribution is -2.22. The van der Waals surface area contributed by atoms with Crippen molar-refractivity contribution in [2.45, 2.75) is 6.92 Å². The van der Waals surface area contributed by atoms with Crippen molar-refractivity contribution in [3.8, 4) is 22.8 Å². The third-order valence-electron chi connectivity index (χ3n) is 5.41. The Morgan fingerprint density at radius 3 is 2.38 bits per heavy atom. The predicted octanol–water partition coefficient (Wildman–Crippen LogP) is 5.10. The SMILES string of the molecule is COc1ccc(-c2oc3ccc(C)cc3c(=O)c2OC(=O)c2cc3ccccc3oc2=O)cc1. The lowest BCUT2D eigenvalue weighted by molar-refractivity contribution is 0.0727. The number of carbonyl (C=O) groups excluding carboxylic acids is 1. The molecule has 0 bridgehead atoms. The van der Waals surface area contributed by atoms with Crippen LogP contribution < -0.4 is 20.5 Å². The third kappa shape index (κ3) is 3.73. The fraction of sp³-hybridized carbons (Fsp3) is 0.0741. The number of aryl methyl sites for hydroxylation is 1. The molecule has 0 spiro atoms. The van der Waals surface area contributed by atoms with Crippen LogP contribution in [0.4, 0.5) is 0 Å². The molecule has 168 valence electrons. The number of benzene rings is 3. The summed E-state index contributed by atoms with van der Waals surface area (Å²) in [7, 11) is 1.54. The molecule has 5 aromatic rings. The maximum absolute atomic E-state index is 13.4. The zero-order valence-corrected chi connectivity index (χ0v) is 18.3. The van der Waals surface area contributed by atoms with Crippen molar-refractivity contribution in [3.05, 3.63) is 105 Å². The van der Waals surface area contributed by atoms with E-state index >= 15 is 0 Å². The minimum atomic E-state index is -1.02. The number of esters is 1. The molecule has 2 aromatic heterocycles. The summed E-state index contributed by atoms with van der Waals surface area (Å²) in [4.78, 5) is 38.9. The summed E-state index contributed by atoms with van der Waals surface area (Å²) < 4.78 is 21.9. The van der Waals surface area contributed by atoms with E-state index in [9.17, 15) is 14.4 Å². The van der Waals surface area contributed by atoms with E-state index in [-0.39, 0.29) is 22.5 Å². The van der Waals surface area contributed by atoms with E-state index in [1.165, 1.54) is 13.2 Å². The van der Waals surface area contributed by atoms with Crippen molar-refractivity contribution in [2.24, 2.45) is 0 Å². The number of methoxy groups -OCH3 is 1. The molecule has 0 amide bonds. The molecule has 7 heteroatoms. The number of hydrogen-bond donors (Lipinski definition) is 0. The van der Waals surface area contributed by atoms with E-state index in [0.717, 1.165) is 5.56 Å². The first-order valence-electron chi connectivity index (χ1n) is 10.4. The van der Waals surface area contributed by atoms with Crippen LogP contribution in [0.25, 0.3) is 33.3 Å². The van der Waals surface area contributed by atoms with Gasteiger partial charge in [-0.3, -0.25) is 4.79 Å². The summed E-state index contributed by atoms with van der Waals surface area (Å²) in [6.07, 6.45) is 0. The van der Waals surface area contributed by atoms with Crippen molar-refractivity contribution in [3.63, 3.8) is 0 Å². The summed E-state index contributed by atoms with van der Waals surface area (Å²) in [5, 5.41) is 0.802. The number of rotatable bonds is 4. The van der Waals surface area contributed by atoms with E-state index in [1.807, 2.05) is 13.0 Å². The first-order chi connectivity index (χ1) is 16.4. The molecule has 3 aromatic carbocycles. The van der Waals surface area contributed by atoms with Gasteiger partial charge in [0.25, 0.3) is 0 Å². The van der Waals surface area contributed by atoms with Gasteiger partial charge in [-0.15, -0.1) is 0 Å². The van der Waals surface area contributed by atoms with Crippen molar-refractivity contribution in [1.82, 2.24) is 0 Å². The van der Waals surface area contributed by atoms with Crippen molar-refractivity contribution in [2.75, 3.05) is 7.11 Å². The van der Waals surface area contributed by atoms with Crippen LogP contribution in [0, 0.1) is 6.92 Å². The highest BCUT2D eigenvalue weighted by Crippen LogP contribution is 2.32. The topological polar surface area (TPSA) is 96.0 Å². The normalized spacial score (nSPS) is 11.0. The molecule has 0 radical (unpaired) electrons. The lowest BCUT2D eigenvalue weighted by atomic mass is 10.1. The second kappa shape index (κ2) is 8.37. The molecule has 0 aliphatic heterocycles. The van der Waals surface area contributed by atoms with Crippen LogP contribution in [0.15, 0.2) is 91.2 Å². The van der Waals surface area contributed by atoms with Gasteiger partial charge in [-0.1, -0.05) is 29.8 Å². The Labute approximate surface area is 192 Å². The second-order valence-electron chi connectivity index (χ2n) is 7.69. The van der Waals surface area contributed by atoms with Crippen LogP contribution >= 0.6 is 0 Å². The number of hydrogen-bond acceptors (Lipinski definition) is 7. The summed E-state index contributed by atoms with van der Waals surface area (Å²) >= 11 is 0. The quantitative estimate of drug-likeness (QED) is 0.275. The van der Waals surface area contributed by atoms with Crippen LogP contribution in [0.5, 0.6) is 11.5 Å². The Hall–Kier alpha value is -4.65. The molecule has 34 heavy (non-hydrogen) atoms. The minimum Gasteiger partial charge on any atom is -0.497 e. The average Bonchev–Trinajstić information content (AvgIpc) is 2.85. The van der Waals surface area contributed by atoms with Crippen LogP contribution in [0.3, 0.4) is 0 Å². The highest BCUT2D eigenvalue weighted by Gasteiger charge is 2.24. The Morgan fingerprint density at radius 2 is 1.62 bits per heavy atom. The van der Waals surface area contributed by atoms with Gasteiger partial charge in [0.05, 0.1) is 12.5 Å².